The minimum atomic E-state index is -0.745. The second-order valence-electron chi connectivity index (χ2n) is 2.78. The summed E-state index contributed by atoms with van der Waals surface area (Å²) < 4.78 is 0. The maximum Gasteiger partial charge on any atom is 0.317 e. The Hall–Kier alpha value is -0.310. The lowest BCUT2D eigenvalue weighted by molar-refractivity contribution is -0.137. The molecule has 1 aliphatic rings. The summed E-state index contributed by atoms with van der Waals surface area (Å²) in [4.78, 5) is 10.2. The van der Waals surface area contributed by atoms with E-state index in [4.69, 9.17) is 5.11 Å². The van der Waals surface area contributed by atoms with Gasteiger partial charge in [-0.2, -0.15) is 0 Å². The molecule has 2 nitrogen and oxygen atoms in total. The van der Waals surface area contributed by atoms with Gasteiger partial charge in [-0.3, -0.25) is 4.79 Å². The van der Waals surface area contributed by atoms with Crippen molar-refractivity contribution in [3.8, 4) is 0 Å². The molecule has 2 atom stereocenters. The number of carboxylic acid groups (broad SMARTS) is 1. The normalized spacial score (nSPS) is 26.5. The first kappa shape index (κ1) is 8.78. The molecule has 0 bridgehead atoms. The van der Waals surface area contributed by atoms with Crippen LogP contribution in [0.25, 0.3) is 0 Å². The summed E-state index contributed by atoms with van der Waals surface area (Å²) in [5.74, 6) is -0.470. The van der Waals surface area contributed by atoms with Gasteiger partial charge in [-0.1, -0.05) is 28.1 Å². The third-order valence-electron chi connectivity index (χ3n) is 1.96. The van der Waals surface area contributed by atoms with Crippen LogP contribution >= 0.6 is 15.9 Å². The summed E-state index contributed by atoms with van der Waals surface area (Å²) >= 11 is 3.17. The van der Waals surface area contributed by atoms with Crippen molar-refractivity contribution < 1.29 is 9.90 Å². The van der Waals surface area contributed by atoms with Crippen LogP contribution in [0.3, 0.4) is 0 Å². The van der Waals surface area contributed by atoms with E-state index >= 15 is 0 Å². The molecule has 0 radical (unpaired) electrons. The van der Waals surface area contributed by atoms with Crippen molar-refractivity contribution in [1.29, 1.82) is 0 Å². The van der Waals surface area contributed by atoms with Crippen molar-refractivity contribution in [2.24, 2.45) is 5.92 Å². The van der Waals surface area contributed by atoms with Gasteiger partial charge in [0.15, 0.2) is 0 Å². The van der Waals surface area contributed by atoms with Gasteiger partial charge in [-0.25, -0.2) is 0 Å². The van der Waals surface area contributed by atoms with Gasteiger partial charge in [0.25, 0.3) is 0 Å². The van der Waals surface area contributed by atoms with Crippen LogP contribution in [0.5, 0.6) is 0 Å². The third kappa shape index (κ3) is 2.33. The van der Waals surface area contributed by atoms with E-state index in [0.29, 0.717) is 0 Å². The van der Waals surface area contributed by atoms with Crippen molar-refractivity contribution in [2.45, 2.75) is 24.1 Å². The van der Waals surface area contributed by atoms with Crippen LogP contribution < -0.4 is 0 Å². The summed E-state index contributed by atoms with van der Waals surface area (Å²) in [6.07, 6.45) is 7.06. The van der Waals surface area contributed by atoms with Crippen molar-refractivity contribution >= 4 is 21.9 Å². The molecule has 0 fully saturated rings. The van der Waals surface area contributed by atoms with Crippen LogP contribution in [0.4, 0.5) is 0 Å². The van der Waals surface area contributed by atoms with E-state index in [1.54, 1.807) is 0 Å². The first-order valence-corrected chi connectivity index (χ1v) is 4.65. The first-order chi connectivity index (χ1) is 5.22. The summed E-state index contributed by atoms with van der Waals surface area (Å²) in [6.45, 7) is 0. The minimum absolute atomic E-state index is 0.275. The zero-order chi connectivity index (χ0) is 8.27. The highest BCUT2D eigenvalue weighted by Gasteiger charge is 2.24. The fourth-order valence-corrected chi connectivity index (χ4v) is 1.76. The number of aliphatic carboxylic acids is 1. The number of alkyl halides is 1. The zero-order valence-electron chi connectivity index (χ0n) is 6.16. The number of hydrogen-bond donors (Lipinski definition) is 1. The Morgan fingerprint density at radius 1 is 1.64 bits per heavy atom. The molecule has 0 amide bonds. The number of allylic oxidation sites excluding steroid dienone is 2. The number of carbonyl (C=O) groups is 1. The van der Waals surface area contributed by atoms with Crippen molar-refractivity contribution in [2.75, 3.05) is 0 Å². The molecule has 0 heterocycles. The lowest BCUT2D eigenvalue weighted by Crippen LogP contribution is -2.24. The Bertz CT molecular complexity index is 177. The van der Waals surface area contributed by atoms with Crippen LogP contribution in [0, 0.1) is 5.92 Å². The van der Waals surface area contributed by atoms with E-state index < -0.39 is 5.97 Å². The molecule has 2 unspecified atom stereocenters. The predicted molar refractivity (Wildman–Crippen MR) is 46.8 cm³/mol. The average molecular weight is 219 g/mol. The Kier molecular flexibility index (Phi) is 3.12. The molecule has 0 aromatic heterocycles. The van der Waals surface area contributed by atoms with Gasteiger partial charge in [-0.05, 0) is 25.2 Å². The van der Waals surface area contributed by atoms with Gasteiger partial charge in [0.1, 0.15) is 4.83 Å². The topological polar surface area (TPSA) is 37.3 Å². The SMILES string of the molecule is O=C(O)C(Br)C1CC=CCC1. The lowest BCUT2D eigenvalue weighted by Gasteiger charge is -2.19. The molecule has 1 aliphatic carbocycles. The summed E-state index contributed by atoms with van der Waals surface area (Å²) in [5.41, 5.74) is 0. The van der Waals surface area contributed by atoms with E-state index in [0.717, 1.165) is 19.3 Å². The largest absolute Gasteiger partial charge is 0.480 e. The average Bonchev–Trinajstić information content (AvgIpc) is 2.05. The molecule has 0 aromatic rings. The van der Waals surface area contributed by atoms with E-state index in [-0.39, 0.29) is 10.7 Å². The third-order valence-corrected chi connectivity index (χ3v) is 3.10. The molecule has 0 saturated heterocycles. The van der Waals surface area contributed by atoms with E-state index in [1.807, 2.05) is 0 Å². The van der Waals surface area contributed by atoms with Gasteiger partial charge in [0, 0.05) is 0 Å². The van der Waals surface area contributed by atoms with E-state index in [2.05, 4.69) is 28.1 Å². The molecule has 1 N–H and O–H groups in total. The van der Waals surface area contributed by atoms with Crippen molar-refractivity contribution in [1.82, 2.24) is 0 Å². The number of rotatable bonds is 2. The van der Waals surface area contributed by atoms with Gasteiger partial charge in [0.05, 0.1) is 0 Å². The lowest BCUT2D eigenvalue weighted by atomic mass is 9.91. The Morgan fingerprint density at radius 3 is 2.82 bits per heavy atom. The monoisotopic (exact) mass is 218 g/mol. The van der Waals surface area contributed by atoms with Crippen LogP contribution in [-0.4, -0.2) is 15.9 Å². The Balaban J connectivity index is 2.46. The fraction of sp³-hybridized carbons (Fsp3) is 0.625. The predicted octanol–water partition coefficient (Wildman–Crippen LogP) is 2.19. The Morgan fingerprint density at radius 2 is 2.36 bits per heavy atom. The van der Waals surface area contributed by atoms with Gasteiger partial charge in [-0.15, -0.1) is 0 Å². The molecule has 11 heavy (non-hydrogen) atoms. The van der Waals surface area contributed by atoms with Crippen molar-refractivity contribution in [3.05, 3.63) is 12.2 Å². The number of hydrogen-bond acceptors (Lipinski definition) is 1. The molecule has 0 spiro atoms. The van der Waals surface area contributed by atoms with Gasteiger partial charge >= 0.3 is 5.97 Å². The van der Waals surface area contributed by atoms with Crippen molar-refractivity contribution in [3.63, 3.8) is 0 Å². The molecule has 0 aliphatic heterocycles. The minimum Gasteiger partial charge on any atom is -0.480 e. The van der Waals surface area contributed by atoms with Gasteiger partial charge < -0.3 is 5.11 Å². The summed E-state index contributed by atoms with van der Waals surface area (Å²) in [5, 5.41) is 8.66. The quantitative estimate of drug-likeness (QED) is 0.570. The summed E-state index contributed by atoms with van der Waals surface area (Å²) in [6, 6.07) is 0. The fourth-order valence-electron chi connectivity index (χ4n) is 1.28. The molecular weight excluding hydrogens is 208 g/mol. The maximum atomic E-state index is 10.5. The molecule has 3 heteroatoms. The maximum absolute atomic E-state index is 10.5. The number of halogens is 1. The van der Waals surface area contributed by atoms with E-state index in [1.165, 1.54) is 0 Å². The highest BCUT2D eigenvalue weighted by atomic mass is 79.9. The molecular formula is C8H11BrO2. The van der Waals surface area contributed by atoms with Crippen LogP contribution in [0.1, 0.15) is 19.3 Å². The highest BCUT2D eigenvalue weighted by Crippen LogP contribution is 2.26. The first-order valence-electron chi connectivity index (χ1n) is 3.73. The standard InChI is InChI=1S/C8H11BrO2/c9-7(8(10)11)6-4-2-1-3-5-6/h1-2,6-7H,3-5H2,(H,10,11). The Labute approximate surface area is 74.4 Å². The van der Waals surface area contributed by atoms with Crippen LogP contribution in [0.15, 0.2) is 12.2 Å². The van der Waals surface area contributed by atoms with E-state index in [9.17, 15) is 4.79 Å². The van der Waals surface area contributed by atoms with Crippen LogP contribution in [0.2, 0.25) is 0 Å². The molecule has 0 aromatic carbocycles. The van der Waals surface area contributed by atoms with Gasteiger partial charge in [0.2, 0.25) is 0 Å². The smallest absolute Gasteiger partial charge is 0.317 e. The second kappa shape index (κ2) is 3.90. The van der Waals surface area contributed by atoms with Crippen LogP contribution in [-0.2, 0) is 4.79 Å². The molecule has 62 valence electrons. The number of carboxylic acids is 1. The summed E-state index contributed by atoms with van der Waals surface area (Å²) in [7, 11) is 0. The highest BCUT2D eigenvalue weighted by molar-refractivity contribution is 9.10. The molecule has 0 saturated carbocycles. The zero-order valence-corrected chi connectivity index (χ0v) is 7.75. The second-order valence-corrected chi connectivity index (χ2v) is 3.77. The molecule has 1 rings (SSSR count).